The molecule has 14 heteroatoms. The molecule has 4 unspecified atom stereocenters. The average molecular weight is 479 g/mol. The summed E-state index contributed by atoms with van der Waals surface area (Å²) in [6.07, 6.45) is 5.59. The predicted octanol–water partition coefficient (Wildman–Crippen LogP) is -2.57. The van der Waals surface area contributed by atoms with Gasteiger partial charge in [0.1, 0.15) is 18.1 Å². The minimum atomic E-state index is -1.46. The van der Waals surface area contributed by atoms with Gasteiger partial charge in [-0.3, -0.25) is 14.4 Å². The first-order chi connectivity index (χ1) is 16.1. The molecule has 0 aromatic carbocycles. The van der Waals surface area contributed by atoms with Crippen molar-refractivity contribution in [3.63, 3.8) is 0 Å². The zero-order valence-corrected chi connectivity index (χ0v) is 18.8. The molecule has 0 saturated carbocycles. The average Bonchev–Trinajstić information content (AvgIpc) is 3.49. The van der Waals surface area contributed by atoms with Crippen LogP contribution >= 0.6 is 0 Å². The number of nitrogens with two attached hydrogens (primary N) is 1. The maximum Gasteiger partial charge on any atom is 0.326 e. The number of hydrogen-bond acceptors (Lipinski definition) is 8. The van der Waals surface area contributed by atoms with Crippen LogP contribution in [0.4, 0.5) is 0 Å². The molecule has 2 heterocycles. The van der Waals surface area contributed by atoms with Gasteiger partial charge in [0, 0.05) is 36.6 Å². The lowest BCUT2D eigenvalue weighted by Crippen LogP contribution is -2.59. The molecule has 0 saturated heterocycles. The summed E-state index contributed by atoms with van der Waals surface area (Å²) in [6, 6.07) is -4.80. The van der Waals surface area contributed by atoms with Crippen LogP contribution in [0.25, 0.3) is 0 Å². The van der Waals surface area contributed by atoms with Gasteiger partial charge in [-0.2, -0.15) is 0 Å². The summed E-state index contributed by atoms with van der Waals surface area (Å²) in [7, 11) is 0. The number of aliphatic hydroxyl groups excluding tert-OH is 1. The molecule has 0 aliphatic heterocycles. The number of amides is 3. The van der Waals surface area contributed by atoms with Crippen LogP contribution in [0.2, 0.25) is 0 Å². The number of nitrogens with one attached hydrogen (secondary N) is 5. The van der Waals surface area contributed by atoms with Gasteiger partial charge < -0.3 is 41.9 Å². The number of aliphatic carboxylic acids is 1. The van der Waals surface area contributed by atoms with Gasteiger partial charge in [0.05, 0.1) is 25.3 Å². The minimum Gasteiger partial charge on any atom is -0.480 e. The van der Waals surface area contributed by atoms with E-state index < -0.39 is 54.5 Å². The van der Waals surface area contributed by atoms with Gasteiger partial charge in [-0.1, -0.05) is 13.8 Å². The third-order valence-corrected chi connectivity index (χ3v) is 5.04. The van der Waals surface area contributed by atoms with E-state index in [1.165, 1.54) is 25.0 Å². The van der Waals surface area contributed by atoms with Crippen molar-refractivity contribution >= 4 is 23.7 Å². The number of aromatic amines is 2. The van der Waals surface area contributed by atoms with Gasteiger partial charge in [-0.25, -0.2) is 14.8 Å². The number of carboxylic acids is 1. The molecule has 9 N–H and O–H groups in total. The lowest BCUT2D eigenvalue weighted by molar-refractivity contribution is -0.142. The van der Waals surface area contributed by atoms with Crippen LogP contribution in [-0.4, -0.2) is 84.6 Å². The zero-order chi connectivity index (χ0) is 25.3. The van der Waals surface area contributed by atoms with Gasteiger partial charge in [0.2, 0.25) is 17.7 Å². The first-order valence-electron chi connectivity index (χ1n) is 10.6. The molecule has 0 aliphatic rings. The van der Waals surface area contributed by atoms with Gasteiger partial charge in [-0.05, 0) is 5.92 Å². The number of aromatic nitrogens is 4. The molecule has 0 radical (unpaired) electrons. The van der Waals surface area contributed by atoms with E-state index in [1.807, 2.05) is 0 Å². The standard InChI is InChI=1S/C20H30N8O6/c1-10(2)16(21)19(32)26-13(3-11-5-22-8-24-11)17(30)28-15(7-29)18(31)27-14(20(33)34)4-12-6-23-9-25-12/h5-6,8-10,13-16,29H,3-4,7,21H2,1-2H3,(H,22,24)(H,23,25)(H,26,32)(H,27,31)(H,28,30)(H,33,34). The molecule has 3 amide bonds. The van der Waals surface area contributed by atoms with Crippen LogP contribution in [0.15, 0.2) is 25.0 Å². The number of nitrogens with zero attached hydrogens (tertiary/aromatic N) is 2. The molecule has 4 atom stereocenters. The Kier molecular flexibility index (Phi) is 9.70. The van der Waals surface area contributed by atoms with Crippen molar-refractivity contribution in [3.05, 3.63) is 36.4 Å². The number of rotatable bonds is 13. The Morgan fingerprint density at radius 3 is 1.79 bits per heavy atom. The van der Waals surface area contributed by atoms with Gasteiger partial charge in [-0.15, -0.1) is 0 Å². The van der Waals surface area contributed by atoms with E-state index >= 15 is 0 Å². The van der Waals surface area contributed by atoms with Crippen LogP contribution in [0.5, 0.6) is 0 Å². The van der Waals surface area contributed by atoms with Crippen molar-refractivity contribution in [2.45, 2.75) is 50.9 Å². The highest BCUT2D eigenvalue weighted by Crippen LogP contribution is 2.04. The Hall–Kier alpha value is -3.78. The summed E-state index contributed by atoms with van der Waals surface area (Å²) in [4.78, 5) is 62.8. The number of H-pyrrole nitrogens is 2. The summed E-state index contributed by atoms with van der Waals surface area (Å²) >= 11 is 0. The highest BCUT2D eigenvalue weighted by atomic mass is 16.4. The van der Waals surface area contributed by atoms with E-state index in [2.05, 4.69) is 35.9 Å². The minimum absolute atomic E-state index is 0.0136. The summed E-state index contributed by atoms with van der Waals surface area (Å²) < 4.78 is 0. The number of carbonyl (C=O) groups is 4. The molecule has 186 valence electrons. The van der Waals surface area contributed by atoms with Crippen molar-refractivity contribution < 1.29 is 29.4 Å². The highest BCUT2D eigenvalue weighted by Gasteiger charge is 2.31. The van der Waals surface area contributed by atoms with Crippen LogP contribution in [0, 0.1) is 5.92 Å². The Morgan fingerprint density at radius 1 is 0.882 bits per heavy atom. The van der Waals surface area contributed by atoms with Crippen molar-refractivity contribution in [3.8, 4) is 0 Å². The van der Waals surface area contributed by atoms with E-state index in [1.54, 1.807) is 13.8 Å². The summed E-state index contributed by atoms with van der Waals surface area (Å²) in [5, 5.41) is 26.3. The molecular weight excluding hydrogens is 448 g/mol. The summed E-state index contributed by atoms with van der Waals surface area (Å²) in [5.74, 6) is -3.74. The topological polar surface area (TPSA) is 228 Å². The maximum atomic E-state index is 12.9. The fourth-order valence-electron chi connectivity index (χ4n) is 2.95. The Labute approximate surface area is 195 Å². The molecule has 0 aliphatic carbocycles. The molecule has 14 nitrogen and oxygen atoms in total. The predicted molar refractivity (Wildman–Crippen MR) is 118 cm³/mol. The van der Waals surface area contributed by atoms with Crippen molar-refractivity contribution in [1.82, 2.24) is 35.9 Å². The molecule has 2 aromatic heterocycles. The second kappa shape index (κ2) is 12.5. The monoisotopic (exact) mass is 478 g/mol. The fourth-order valence-corrected chi connectivity index (χ4v) is 2.95. The molecule has 2 aromatic rings. The molecule has 0 fully saturated rings. The van der Waals surface area contributed by atoms with Gasteiger partial charge in [0.25, 0.3) is 0 Å². The highest BCUT2D eigenvalue weighted by molar-refractivity contribution is 5.94. The van der Waals surface area contributed by atoms with Crippen molar-refractivity contribution in [2.75, 3.05) is 6.61 Å². The second-order valence-electron chi connectivity index (χ2n) is 8.04. The van der Waals surface area contributed by atoms with E-state index in [-0.39, 0.29) is 18.8 Å². The van der Waals surface area contributed by atoms with Crippen LogP contribution in [0.3, 0.4) is 0 Å². The van der Waals surface area contributed by atoms with E-state index in [9.17, 15) is 29.4 Å². The van der Waals surface area contributed by atoms with E-state index in [4.69, 9.17) is 5.73 Å². The van der Waals surface area contributed by atoms with E-state index in [0.717, 1.165) is 0 Å². The van der Waals surface area contributed by atoms with Gasteiger partial charge >= 0.3 is 5.97 Å². The zero-order valence-electron chi connectivity index (χ0n) is 18.8. The summed E-state index contributed by atoms with van der Waals surface area (Å²) in [5.41, 5.74) is 6.87. The smallest absolute Gasteiger partial charge is 0.326 e. The first-order valence-corrected chi connectivity index (χ1v) is 10.6. The SMILES string of the molecule is CC(C)C(N)C(=O)NC(Cc1cnc[nH]1)C(=O)NC(CO)C(=O)NC(Cc1cnc[nH]1)C(=O)O. The lowest BCUT2D eigenvalue weighted by atomic mass is 10.0. The molecule has 0 spiro atoms. The number of imidazole rings is 2. The number of aliphatic hydroxyl groups is 1. The molecular formula is C20H30N8O6. The fraction of sp³-hybridized carbons (Fsp3) is 0.500. The quantitative estimate of drug-likeness (QED) is 0.151. The van der Waals surface area contributed by atoms with Crippen LogP contribution < -0.4 is 21.7 Å². The van der Waals surface area contributed by atoms with Crippen molar-refractivity contribution in [1.29, 1.82) is 0 Å². The lowest BCUT2D eigenvalue weighted by Gasteiger charge is -2.24. The number of carboxylic acid groups (broad SMARTS) is 1. The second-order valence-corrected chi connectivity index (χ2v) is 8.04. The first kappa shape index (κ1) is 26.5. The van der Waals surface area contributed by atoms with Crippen molar-refractivity contribution in [2.24, 2.45) is 11.7 Å². The Balaban J connectivity index is 2.09. The summed E-state index contributed by atoms with van der Waals surface area (Å²) in [6.45, 7) is 2.70. The van der Waals surface area contributed by atoms with Crippen LogP contribution in [-0.2, 0) is 32.0 Å². The van der Waals surface area contributed by atoms with Crippen LogP contribution in [0.1, 0.15) is 25.2 Å². The Morgan fingerprint density at radius 2 is 1.35 bits per heavy atom. The molecule has 0 bridgehead atoms. The third-order valence-electron chi connectivity index (χ3n) is 5.04. The largest absolute Gasteiger partial charge is 0.480 e. The van der Waals surface area contributed by atoms with Gasteiger partial charge in [0.15, 0.2) is 0 Å². The number of carbonyl (C=O) groups excluding carboxylic acids is 3. The molecule has 34 heavy (non-hydrogen) atoms. The molecule has 2 rings (SSSR count). The maximum absolute atomic E-state index is 12.9. The van der Waals surface area contributed by atoms with E-state index in [0.29, 0.717) is 11.4 Å². The Bertz CT molecular complexity index is 946. The normalized spacial score (nSPS) is 14.6. The number of hydrogen-bond donors (Lipinski definition) is 8. The third kappa shape index (κ3) is 7.67.